The van der Waals surface area contributed by atoms with Gasteiger partial charge in [-0.1, -0.05) is 32.9 Å². The Hall–Kier alpha value is -1.63. The number of ether oxygens (including phenoxy) is 1. The first kappa shape index (κ1) is 20.4. The van der Waals surface area contributed by atoms with Crippen LogP contribution in [0.15, 0.2) is 9.52 Å². The number of guanidine groups is 1. The molecule has 0 saturated carbocycles. The minimum absolute atomic E-state index is 0.298. The van der Waals surface area contributed by atoms with Crippen LogP contribution in [0.5, 0.6) is 0 Å². The van der Waals surface area contributed by atoms with Crippen molar-refractivity contribution >= 4 is 5.96 Å². The molecule has 0 aliphatic heterocycles. The number of hydrogen-bond acceptors (Lipinski definition) is 5. The van der Waals surface area contributed by atoms with Crippen LogP contribution in [0, 0.1) is 5.92 Å². The predicted molar refractivity (Wildman–Crippen MR) is 96.3 cm³/mol. The standard InChI is InChI=1S/C17H33N5O2/c1-13(2)8-11-23-12-10-20-17(18-5)19-9-6-7-15-21-16(14(3)4)22-24-15/h13-14H,6-12H2,1-5H3,(H2,18,19,20). The summed E-state index contributed by atoms with van der Waals surface area (Å²) in [6, 6.07) is 0. The van der Waals surface area contributed by atoms with E-state index in [0.29, 0.717) is 24.3 Å². The molecule has 0 bridgehead atoms. The highest BCUT2D eigenvalue weighted by atomic mass is 16.5. The molecule has 0 unspecified atom stereocenters. The van der Waals surface area contributed by atoms with E-state index in [1.165, 1.54) is 0 Å². The molecule has 1 rings (SSSR count). The van der Waals surface area contributed by atoms with Crippen LogP contribution < -0.4 is 10.6 Å². The second-order valence-electron chi connectivity index (χ2n) is 6.53. The number of rotatable bonds is 11. The summed E-state index contributed by atoms with van der Waals surface area (Å²) in [6.07, 6.45) is 2.77. The highest BCUT2D eigenvalue weighted by Crippen LogP contribution is 2.10. The third kappa shape index (κ3) is 8.86. The molecule has 0 radical (unpaired) electrons. The van der Waals surface area contributed by atoms with E-state index >= 15 is 0 Å². The van der Waals surface area contributed by atoms with Crippen molar-refractivity contribution in [2.24, 2.45) is 10.9 Å². The molecule has 0 amide bonds. The van der Waals surface area contributed by atoms with Gasteiger partial charge in [0.25, 0.3) is 0 Å². The van der Waals surface area contributed by atoms with Gasteiger partial charge in [-0.25, -0.2) is 0 Å². The summed E-state index contributed by atoms with van der Waals surface area (Å²) in [6.45, 7) is 11.6. The molecule has 7 nitrogen and oxygen atoms in total. The number of aromatic nitrogens is 2. The summed E-state index contributed by atoms with van der Waals surface area (Å²) in [5, 5.41) is 10.5. The molecule has 0 aliphatic rings. The molecule has 24 heavy (non-hydrogen) atoms. The fraction of sp³-hybridized carbons (Fsp3) is 0.824. The molecule has 0 fully saturated rings. The van der Waals surface area contributed by atoms with Crippen molar-refractivity contribution in [3.63, 3.8) is 0 Å². The van der Waals surface area contributed by atoms with Crippen LogP contribution >= 0.6 is 0 Å². The Bertz CT molecular complexity index is 471. The maximum Gasteiger partial charge on any atom is 0.226 e. The van der Waals surface area contributed by atoms with E-state index in [0.717, 1.165) is 50.7 Å². The zero-order chi connectivity index (χ0) is 17.8. The van der Waals surface area contributed by atoms with Gasteiger partial charge in [0.15, 0.2) is 11.8 Å². The predicted octanol–water partition coefficient (Wildman–Crippen LogP) is 2.35. The molecule has 0 saturated heterocycles. The second kappa shape index (κ2) is 11.8. The average molecular weight is 339 g/mol. The Labute approximate surface area is 145 Å². The molecule has 0 atom stereocenters. The molecular formula is C17H33N5O2. The van der Waals surface area contributed by atoms with Gasteiger partial charge in [0.1, 0.15) is 0 Å². The Morgan fingerprint density at radius 3 is 2.54 bits per heavy atom. The van der Waals surface area contributed by atoms with E-state index in [1.807, 2.05) is 0 Å². The van der Waals surface area contributed by atoms with Crippen molar-refractivity contribution < 1.29 is 9.26 Å². The number of aryl methyl sites for hydroxylation is 1. The minimum atomic E-state index is 0.298. The fourth-order valence-corrected chi connectivity index (χ4v) is 1.93. The second-order valence-corrected chi connectivity index (χ2v) is 6.53. The largest absolute Gasteiger partial charge is 0.380 e. The maximum absolute atomic E-state index is 5.57. The smallest absolute Gasteiger partial charge is 0.226 e. The van der Waals surface area contributed by atoms with Crippen molar-refractivity contribution in [3.05, 3.63) is 11.7 Å². The lowest BCUT2D eigenvalue weighted by atomic mass is 10.1. The summed E-state index contributed by atoms with van der Waals surface area (Å²) in [5.74, 6) is 3.24. The molecule has 0 aromatic carbocycles. The van der Waals surface area contributed by atoms with E-state index in [9.17, 15) is 0 Å². The minimum Gasteiger partial charge on any atom is -0.380 e. The van der Waals surface area contributed by atoms with E-state index in [1.54, 1.807) is 7.05 Å². The number of aliphatic imine (C=N–C) groups is 1. The van der Waals surface area contributed by atoms with Crippen LogP contribution in [0.1, 0.15) is 58.2 Å². The lowest BCUT2D eigenvalue weighted by molar-refractivity contribution is 0.128. The molecule has 7 heteroatoms. The van der Waals surface area contributed by atoms with Gasteiger partial charge in [-0.15, -0.1) is 0 Å². The van der Waals surface area contributed by atoms with E-state index in [4.69, 9.17) is 9.26 Å². The first-order valence-corrected chi connectivity index (χ1v) is 8.87. The topological polar surface area (TPSA) is 84.6 Å². The molecule has 0 aliphatic carbocycles. The third-order valence-electron chi connectivity index (χ3n) is 3.46. The molecule has 2 N–H and O–H groups in total. The molecule has 1 heterocycles. The van der Waals surface area contributed by atoms with Crippen LogP contribution in [0.3, 0.4) is 0 Å². The van der Waals surface area contributed by atoms with Gasteiger partial charge in [-0.2, -0.15) is 4.98 Å². The van der Waals surface area contributed by atoms with Crippen LogP contribution in [-0.4, -0.2) is 49.5 Å². The van der Waals surface area contributed by atoms with Crippen LogP contribution in [0.25, 0.3) is 0 Å². The average Bonchev–Trinajstić information content (AvgIpc) is 3.01. The third-order valence-corrected chi connectivity index (χ3v) is 3.46. The molecule has 1 aromatic heterocycles. The van der Waals surface area contributed by atoms with E-state index < -0.39 is 0 Å². The van der Waals surface area contributed by atoms with Crippen molar-refractivity contribution in [1.82, 2.24) is 20.8 Å². The molecule has 0 spiro atoms. The van der Waals surface area contributed by atoms with Crippen molar-refractivity contribution in [1.29, 1.82) is 0 Å². The maximum atomic E-state index is 5.57. The van der Waals surface area contributed by atoms with Crippen molar-refractivity contribution in [3.8, 4) is 0 Å². The Kier molecular flexibility index (Phi) is 10.1. The Balaban J connectivity index is 2.09. The quantitative estimate of drug-likeness (QED) is 0.366. The van der Waals surface area contributed by atoms with Crippen LogP contribution in [-0.2, 0) is 11.2 Å². The van der Waals surface area contributed by atoms with Crippen LogP contribution in [0.4, 0.5) is 0 Å². The number of nitrogens with one attached hydrogen (secondary N) is 2. The van der Waals surface area contributed by atoms with Crippen molar-refractivity contribution in [2.75, 3.05) is 33.4 Å². The van der Waals surface area contributed by atoms with Gasteiger partial charge in [0.2, 0.25) is 5.89 Å². The monoisotopic (exact) mass is 339 g/mol. The van der Waals surface area contributed by atoms with Gasteiger partial charge in [-0.05, 0) is 18.8 Å². The van der Waals surface area contributed by atoms with Gasteiger partial charge in [0.05, 0.1) is 6.61 Å². The first-order valence-electron chi connectivity index (χ1n) is 8.87. The van der Waals surface area contributed by atoms with Gasteiger partial charge in [-0.3, -0.25) is 4.99 Å². The molecule has 138 valence electrons. The molecule has 1 aromatic rings. The zero-order valence-electron chi connectivity index (χ0n) is 15.8. The van der Waals surface area contributed by atoms with Gasteiger partial charge >= 0.3 is 0 Å². The zero-order valence-corrected chi connectivity index (χ0v) is 15.8. The SMILES string of the molecule is CN=C(NCCCc1nc(C(C)C)no1)NCCOCCC(C)C. The summed E-state index contributed by atoms with van der Waals surface area (Å²) < 4.78 is 10.8. The highest BCUT2D eigenvalue weighted by molar-refractivity contribution is 5.79. The molecular weight excluding hydrogens is 306 g/mol. The number of nitrogens with zero attached hydrogens (tertiary/aromatic N) is 3. The van der Waals surface area contributed by atoms with E-state index in [-0.39, 0.29) is 0 Å². The summed E-state index contributed by atoms with van der Waals surface area (Å²) in [7, 11) is 1.77. The lowest BCUT2D eigenvalue weighted by Gasteiger charge is -2.12. The summed E-state index contributed by atoms with van der Waals surface area (Å²) in [5.41, 5.74) is 0. The van der Waals surface area contributed by atoms with Crippen molar-refractivity contribution in [2.45, 2.75) is 52.9 Å². The lowest BCUT2D eigenvalue weighted by Crippen LogP contribution is -2.39. The van der Waals surface area contributed by atoms with E-state index in [2.05, 4.69) is 53.5 Å². The Morgan fingerprint density at radius 1 is 1.17 bits per heavy atom. The van der Waals surface area contributed by atoms with Gasteiger partial charge in [0, 0.05) is 39.1 Å². The summed E-state index contributed by atoms with van der Waals surface area (Å²) >= 11 is 0. The Morgan fingerprint density at radius 2 is 1.92 bits per heavy atom. The first-order chi connectivity index (χ1) is 11.5. The summed E-state index contributed by atoms with van der Waals surface area (Å²) in [4.78, 5) is 8.56. The normalized spacial score (nSPS) is 12.2. The number of hydrogen-bond donors (Lipinski definition) is 2. The van der Waals surface area contributed by atoms with Gasteiger partial charge < -0.3 is 19.9 Å². The highest BCUT2D eigenvalue weighted by Gasteiger charge is 2.09. The van der Waals surface area contributed by atoms with Crippen LogP contribution in [0.2, 0.25) is 0 Å². The fourth-order valence-electron chi connectivity index (χ4n) is 1.93.